The minimum Gasteiger partial charge on any atom is -0.495 e. The van der Waals surface area contributed by atoms with Gasteiger partial charge in [0, 0.05) is 13.1 Å². The van der Waals surface area contributed by atoms with Gasteiger partial charge in [0.15, 0.2) is 5.82 Å². The van der Waals surface area contributed by atoms with Crippen molar-refractivity contribution in [3.63, 3.8) is 0 Å². The molecule has 0 unspecified atom stereocenters. The Kier molecular flexibility index (Phi) is 4.02. The minimum absolute atomic E-state index is 0.0631. The van der Waals surface area contributed by atoms with Crippen LogP contribution in [-0.2, 0) is 24.3 Å². The van der Waals surface area contributed by atoms with Gasteiger partial charge in [-0.1, -0.05) is 17.7 Å². The van der Waals surface area contributed by atoms with Gasteiger partial charge in [0.05, 0.1) is 25.1 Å². The highest BCUT2D eigenvalue weighted by Gasteiger charge is 2.23. The van der Waals surface area contributed by atoms with Crippen LogP contribution >= 0.6 is 11.6 Å². The smallest absolute Gasteiger partial charge is 0.227 e. The van der Waals surface area contributed by atoms with Crippen molar-refractivity contribution in [1.29, 1.82) is 0 Å². The fourth-order valence-electron chi connectivity index (χ4n) is 2.62. The molecule has 0 spiro atoms. The number of rotatable bonds is 3. The molecule has 0 saturated heterocycles. The number of fused-ring (bicyclic) bond motifs is 1. The summed E-state index contributed by atoms with van der Waals surface area (Å²) in [5, 5.41) is 8.68. The molecule has 1 amide bonds. The Morgan fingerprint density at radius 2 is 2.18 bits per heavy atom. The number of carbonyl (C=O) groups excluding carboxylic acids is 1. The summed E-state index contributed by atoms with van der Waals surface area (Å²) in [6.45, 7) is 3.84. The molecule has 0 fully saturated rings. The molecule has 6 nitrogen and oxygen atoms in total. The summed E-state index contributed by atoms with van der Waals surface area (Å²) in [4.78, 5) is 14.3. The Bertz CT molecular complexity index is 714. The third kappa shape index (κ3) is 2.78. The predicted octanol–water partition coefficient (Wildman–Crippen LogP) is 1.83. The zero-order chi connectivity index (χ0) is 15.7. The van der Waals surface area contributed by atoms with E-state index in [2.05, 4.69) is 10.2 Å². The van der Waals surface area contributed by atoms with E-state index in [-0.39, 0.29) is 5.91 Å². The largest absolute Gasteiger partial charge is 0.495 e. The standard InChI is InChI=1S/C15H17ClN4O2/c1-10-17-18-14-9-19(5-6-20(10)14)15(21)8-11-3-4-13(22-2)12(16)7-11/h3-4,7H,5-6,8-9H2,1-2H3. The summed E-state index contributed by atoms with van der Waals surface area (Å²) in [5.41, 5.74) is 0.874. The van der Waals surface area contributed by atoms with Crippen molar-refractivity contribution in [2.24, 2.45) is 0 Å². The second-order valence-electron chi connectivity index (χ2n) is 5.28. The number of aryl methyl sites for hydroxylation is 1. The zero-order valence-corrected chi connectivity index (χ0v) is 13.3. The van der Waals surface area contributed by atoms with Gasteiger partial charge >= 0.3 is 0 Å². The van der Waals surface area contributed by atoms with Crippen LogP contribution < -0.4 is 4.74 Å². The number of carbonyl (C=O) groups is 1. The molecule has 0 radical (unpaired) electrons. The first-order valence-electron chi connectivity index (χ1n) is 7.07. The van der Waals surface area contributed by atoms with Crippen LogP contribution in [0.15, 0.2) is 18.2 Å². The van der Waals surface area contributed by atoms with Crippen LogP contribution in [0.4, 0.5) is 0 Å². The van der Waals surface area contributed by atoms with Crippen molar-refractivity contribution in [2.45, 2.75) is 26.4 Å². The maximum atomic E-state index is 12.4. The van der Waals surface area contributed by atoms with Crippen molar-refractivity contribution in [3.8, 4) is 5.75 Å². The lowest BCUT2D eigenvalue weighted by Crippen LogP contribution is -2.39. The first-order valence-corrected chi connectivity index (χ1v) is 7.45. The maximum absolute atomic E-state index is 12.4. The van der Waals surface area contributed by atoms with Gasteiger partial charge < -0.3 is 14.2 Å². The molecule has 1 aromatic carbocycles. The first kappa shape index (κ1) is 14.8. The van der Waals surface area contributed by atoms with Crippen LogP contribution in [0.5, 0.6) is 5.75 Å². The Hall–Kier alpha value is -2.08. The Morgan fingerprint density at radius 3 is 2.91 bits per heavy atom. The number of hydrogen-bond acceptors (Lipinski definition) is 4. The molecule has 0 bridgehead atoms. The van der Waals surface area contributed by atoms with Crippen LogP contribution in [0.1, 0.15) is 17.2 Å². The van der Waals surface area contributed by atoms with Gasteiger partial charge in [-0.15, -0.1) is 10.2 Å². The monoisotopic (exact) mass is 320 g/mol. The first-order chi connectivity index (χ1) is 10.6. The highest BCUT2D eigenvalue weighted by molar-refractivity contribution is 6.32. The highest BCUT2D eigenvalue weighted by Crippen LogP contribution is 2.25. The van der Waals surface area contributed by atoms with E-state index in [0.29, 0.717) is 30.3 Å². The van der Waals surface area contributed by atoms with Gasteiger partial charge in [0.2, 0.25) is 5.91 Å². The molecule has 0 atom stereocenters. The number of nitrogens with zero attached hydrogens (tertiary/aromatic N) is 4. The Balaban J connectivity index is 1.69. The SMILES string of the molecule is COc1ccc(CC(=O)N2CCn3c(C)nnc3C2)cc1Cl. The van der Waals surface area contributed by atoms with Gasteiger partial charge in [-0.3, -0.25) is 4.79 Å². The number of benzene rings is 1. The van der Waals surface area contributed by atoms with Gasteiger partial charge in [0.1, 0.15) is 11.6 Å². The molecule has 3 rings (SSSR count). The molecule has 7 heteroatoms. The lowest BCUT2D eigenvalue weighted by molar-refractivity contribution is -0.132. The van der Waals surface area contributed by atoms with Crippen molar-refractivity contribution in [1.82, 2.24) is 19.7 Å². The molecular weight excluding hydrogens is 304 g/mol. The molecule has 116 valence electrons. The molecule has 0 N–H and O–H groups in total. The normalized spacial score (nSPS) is 13.9. The molecule has 1 aromatic heterocycles. The van der Waals surface area contributed by atoms with Crippen molar-refractivity contribution in [3.05, 3.63) is 40.4 Å². The van der Waals surface area contributed by atoms with E-state index in [9.17, 15) is 4.79 Å². The number of hydrogen-bond donors (Lipinski definition) is 0. The molecule has 1 aliphatic heterocycles. The molecule has 2 aromatic rings. The number of methoxy groups -OCH3 is 1. The summed E-state index contributed by atoms with van der Waals surface area (Å²) < 4.78 is 7.17. The minimum atomic E-state index is 0.0631. The molecular formula is C15H17ClN4O2. The molecule has 0 aliphatic carbocycles. The number of halogens is 1. The van der Waals surface area contributed by atoms with E-state index in [1.165, 1.54) is 0 Å². The summed E-state index contributed by atoms with van der Waals surface area (Å²) in [5.74, 6) is 2.40. The van der Waals surface area contributed by atoms with E-state index < -0.39 is 0 Å². The van der Waals surface area contributed by atoms with E-state index >= 15 is 0 Å². The fourth-order valence-corrected chi connectivity index (χ4v) is 2.90. The summed E-state index contributed by atoms with van der Waals surface area (Å²) >= 11 is 6.10. The lowest BCUT2D eigenvalue weighted by Gasteiger charge is -2.27. The summed E-state index contributed by atoms with van der Waals surface area (Å²) in [6.07, 6.45) is 0.316. The van der Waals surface area contributed by atoms with Gasteiger partial charge in [-0.05, 0) is 24.6 Å². The van der Waals surface area contributed by atoms with Crippen molar-refractivity contribution < 1.29 is 9.53 Å². The van der Waals surface area contributed by atoms with Crippen LogP contribution in [0.25, 0.3) is 0 Å². The van der Waals surface area contributed by atoms with Crippen LogP contribution in [0, 0.1) is 6.92 Å². The molecule has 1 aliphatic rings. The predicted molar refractivity (Wildman–Crippen MR) is 81.9 cm³/mol. The van der Waals surface area contributed by atoms with Gasteiger partial charge in [0.25, 0.3) is 0 Å². The third-order valence-corrected chi connectivity index (χ3v) is 4.16. The number of amides is 1. The van der Waals surface area contributed by atoms with E-state index in [1.807, 2.05) is 22.5 Å². The lowest BCUT2D eigenvalue weighted by atomic mass is 10.1. The van der Waals surface area contributed by atoms with E-state index in [4.69, 9.17) is 16.3 Å². The fraction of sp³-hybridized carbons (Fsp3) is 0.400. The average molecular weight is 321 g/mol. The number of ether oxygens (including phenoxy) is 1. The highest BCUT2D eigenvalue weighted by atomic mass is 35.5. The number of aromatic nitrogens is 3. The molecule has 22 heavy (non-hydrogen) atoms. The zero-order valence-electron chi connectivity index (χ0n) is 12.5. The van der Waals surface area contributed by atoms with Gasteiger partial charge in [-0.25, -0.2) is 0 Å². The topological polar surface area (TPSA) is 60.2 Å². The second-order valence-corrected chi connectivity index (χ2v) is 5.68. The van der Waals surface area contributed by atoms with Gasteiger partial charge in [-0.2, -0.15) is 0 Å². The Morgan fingerprint density at radius 1 is 1.36 bits per heavy atom. The third-order valence-electron chi connectivity index (χ3n) is 3.86. The van der Waals surface area contributed by atoms with Crippen LogP contribution in [0.2, 0.25) is 5.02 Å². The van der Waals surface area contributed by atoms with E-state index in [1.54, 1.807) is 19.2 Å². The van der Waals surface area contributed by atoms with E-state index in [0.717, 1.165) is 23.8 Å². The quantitative estimate of drug-likeness (QED) is 0.865. The average Bonchev–Trinajstić information content (AvgIpc) is 2.88. The molecule has 0 saturated carbocycles. The van der Waals surface area contributed by atoms with Crippen LogP contribution in [-0.4, -0.2) is 39.2 Å². The summed E-state index contributed by atoms with van der Waals surface area (Å²) in [6, 6.07) is 5.41. The summed E-state index contributed by atoms with van der Waals surface area (Å²) in [7, 11) is 1.57. The second kappa shape index (κ2) is 5.96. The van der Waals surface area contributed by atoms with Crippen molar-refractivity contribution >= 4 is 17.5 Å². The maximum Gasteiger partial charge on any atom is 0.227 e. The molecule has 2 heterocycles. The van der Waals surface area contributed by atoms with Crippen molar-refractivity contribution in [2.75, 3.05) is 13.7 Å². The van der Waals surface area contributed by atoms with Crippen LogP contribution in [0.3, 0.4) is 0 Å². The Labute approximate surface area is 133 Å².